The molecular weight excluding hydrogens is 362 g/mol. The molecule has 0 spiro atoms. The molecule has 3 heterocycles. The number of aryl methyl sites for hydroxylation is 2. The maximum atomic E-state index is 12.1. The predicted octanol–water partition coefficient (Wildman–Crippen LogP) is 4.60. The summed E-state index contributed by atoms with van der Waals surface area (Å²) in [6.07, 6.45) is 9.20. The van der Waals surface area contributed by atoms with E-state index in [1.54, 1.807) is 10.9 Å². The van der Waals surface area contributed by atoms with E-state index in [2.05, 4.69) is 5.10 Å². The van der Waals surface area contributed by atoms with Crippen LogP contribution in [0.5, 0.6) is 0 Å². The Kier molecular flexibility index (Phi) is 5.79. The summed E-state index contributed by atoms with van der Waals surface area (Å²) in [6.45, 7) is 2.02. The molecule has 148 valence electrons. The molecule has 0 aliphatic carbocycles. The summed E-state index contributed by atoms with van der Waals surface area (Å²) in [5, 5.41) is 8.97. The Labute approximate surface area is 170 Å². The molecular formula is C23H25N5O. The Morgan fingerprint density at radius 2 is 1.79 bits per heavy atom. The number of carbonyl (C=O) groups excluding carboxylic acids is 1. The number of nitrogens with zero attached hydrogens (tertiary/aromatic N) is 5. The number of fused-ring (bicyclic) bond motifs is 1. The van der Waals surface area contributed by atoms with Crippen molar-refractivity contribution < 1.29 is 4.79 Å². The largest absolute Gasteiger partial charge is 0.294 e. The Morgan fingerprint density at radius 3 is 2.59 bits per heavy atom. The van der Waals surface area contributed by atoms with Gasteiger partial charge in [0.15, 0.2) is 11.6 Å². The maximum absolute atomic E-state index is 12.1. The molecule has 6 nitrogen and oxygen atoms in total. The van der Waals surface area contributed by atoms with E-state index in [9.17, 15) is 4.79 Å². The van der Waals surface area contributed by atoms with E-state index in [4.69, 9.17) is 10.1 Å². The minimum Gasteiger partial charge on any atom is -0.294 e. The smallest absolute Gasteiger partial charge is 0.174 e. The molecule has 0 N–H and O–H groups in total. The average Bonchev–Trinajstić information content (AvgIpc) is 3.39. The number of ketones is 1. The molecule has 0 aliphatic rings. The first-order valence-electron chi connectivity index (χ1n) is 10.2. The second kappa shape index (κ2) is 8.82. The normalized spacial score (nSPS) is 11.2. The van der Waals surface area contributed by atoms with Gasteiger partial charge in [0.1, 0.15) is 5.82 Å². The van der Waals surface area contributed by atoms with Crippen LogP contribution in [0.1, 0.15) is 54.0 Å². The Balaban J connectivity index is 1.30. The van der Waals surface area contributed by atoms with E-state index < -0.39 is 0 Å². The van der Waals surface area contributed by atoms with Gasteiger partial charge in [0.05, 0.1) is 11.2 Å². The molecule has 3 aromatic heterocycles. The van der Waals surface area contributed by atoms with Gasteiger partial charge >= 0.3 is 0 Å². The molecule has 4 rings (SSSR count). The van der Waals surface area contributed by atoms with Crippen LogP contribution >= 0.6 is 0 Å². The Morgan fingerprint density at radius 1 is 0.966 bits per heavy atom. The summed E-state index contributed by atoms with van der Waals surface area (Å²) in [5.41, 5.74) is 2.84. The van der Waals surface area contributed by atoms with Gasteiger partial charge in [-0.15, -0.1) is 5.10 Å². The monoisotopic (exact) mass is 387 g/mol. The van der Waals surface area contributed by atoms with Gasteiger partial charge in [-0.3, -0.25) is 4.79 Å². The minimum atomic E-state index is 0.232. The van der Waals surface area contributed by atoms with Crippen LogP contribution in [0.15, 0.2) is 60.9 Å². The minimum absolute atomic E-state index is 0.232. The number of carbonyl (C=O) groups is 1. The van der Waals surface area contributed by atoms with Crippen LogP contribution in [0.3, 0.4) is 0 Å². The number of aromatic nitrogens is 5. The van der Waals surface area contributed by atoms with Gasteiger partial charge in [-0.1, -0.05) is 43.2 Å². The van der Waals surface area contributed by atoms with Gasteiger partial charge in [0.2, 0.25) is 0 Å². The molecule has 6 heteroatoms. The number of imidazole rings is 1. The fourth-order valence-electron chi connectivity index (χ4n) is 3.56. The summed E-state index contributed by atoms with van der Waals surface area (Å²) in [5.74, 6) is 1.99. The van der Waals surface area contributed by atoms with E-state index in [1.807, 2.05) is 66.2 Å². The third-order valence-electron chi connectivity index (χ3n) is 5.12. The van der Waals surface area contributed by atoms with E-state index in [-0.39, 0.29) is 5.78 Å². The van der Waals surface area contributed by atoms with Crippen LogP contribution in [0.25, 0.3) is 11.3 Å². The first-order chi connectivity index (χ1) is 14.2. The molecule has 0 unspecified atom stereocenters. The molecule has 29 heavy (non-hydrogen) atoms. The number of Topliss-reactive ketones (excluding diaryl/α,β-unsaturated/α-hetero) is 1. The van der Waals surface area contributed by atoms with Crippen LogP contribution in [0.4, 0.5) is 0 Å². The van der Waals surface area contributed by atoms with Crippen molar-refractivity contribution in [2.75, 3.05) is 0 Å². The topological polar surface area (TPSA) is 65.1 Å². The van der Waals surface area contributed by atoms with E-state index >= 15 is 0 Å². The summed E-state index contributed by atoms with van der Waals surface area (Å²) in [7, 11) is 0. The summed E-state index contributed by atoms with van der Waals surface area (Å²) in [6, 6.07) is 15.4. The van der Waals surface area contributed by atoms with E-state index in [1.165, 1.54) is 0 Å². The molecule has 0 radical (unpaired) electrons. The molecule has 0 bridgehead atoms. The van der Waals surface area contributed by atoms with Crippen LogP contribution in [-0.2, 0) is 6.42 Å². The summed E-state index contributed by atoms with van der Waals surface area (Å²) < 4.78 is 3.69. The lowest BCUT2D eigenvalue weighted by atomic mass is 10.0. The molecule has 0 atom stereocenters. The van der Waals surface area contributed by atoms with Gasteiger partial charge in [-0.25, -0.2) is 14.2 Å². The fourth-order valence-corrected chi connectivity index (χ4v) is 3.56. The Hall–Kier alpha value is -3.28. The number of hydrogen-bond donors (Lipinski definition) is 0. The maximum Gasteiger partial charge on any atom is 0.174 e. The highest BCUT2D eigenvalue weighted by Crippen LogP contribution is 2.16. The van der Waals surface area contributed by atoms with Crippen molar-refractivity contribution in [2.45, 2.75) is 45.4 Å². The van der Waals surface area contributed by atoms with Gasteiger partial charge < -0.3 is 0 Å². The molecule has 0 amide bonds. The zero-order chi connectivity index (χ0) is 20.1. The molecule has 4 aromatic rings. The lowest BCUT2D eigenvalue weighted by molar-refractivity contribution is 0.0979. The third-order valence-corrected chi connectivity index (χ3v) is 5.12. The number of unbranched alkanes of at least 4 members (excludes halogenated alkanes) is 3. The van der Waals surface area contributed by atoms with Crippen LogP contribution in [0, 0.1) is 6.92 Å². The van der Waals surface area contributed by atoms with Gasteiger partial charge in [-0.2, -0.15) is 5.10 Å². The number of benzene rings is 1. The second-order valence-corrected chi connectivity index (χ2v) is 7.26. The SMILES string of the molecule is Cc1nc(CCCCCCC(=O)c2ccccc2)n2nc(-n3cccn3)ccc12. The zero-order valence-corrected chi connectivity index (χ0v) is 16.7. The van der Waals surface area contributed by atoms with Crippen molar-refractivity contribution in [3.63, 3.8) is 0 Å². The Bertz CT molecular complexity index is 1080. The number of rotatable bonds is 9. The van der Waals surface area contributed by atoms with Crippen molar-refractivity contribution in [1.82, 2.24) is 24.4 Å². The molecule has 0 saturated heterocycles. The van der Waals surface area contributed by atoms with Gasteiger partial charge in [0.25, 0.3) is 0 Å². The lowest BCUT2D eigenvalue weighted by Crippen LogP contribution is -2.05. The fraction of sp³-hybridized carbons (Fsp3) is 0.304. The first-order valence-corrected chi connectivity index (χ1v) is 10.2. The highest BCUT2D eigenvalue weighted by molar-refractivity contribution is 5.95. The van der Waals surface area contributed by atoms with Crippen molar-refractivity contribution in [3.05, 3.63) is 78.0 Å². The second-order valence-electron chi connectivity index (χ2n) is 7.26. The van der Waals surface area contributed by atoms with Crippen LogP contribution in [0.2, 0.25) is 0 Å². The molecule has 0 saturated carbocycles. The molecule has 0 aliphatic heterocycles. The predicted molar refractivity (Wildman–Crippen MR) is 112 cm³/mol. The first kappa shape index (κ1) is 19.1. The van der Waals surface area contributed by atoms with Gasteiger partial charge in [0, 0.05) is 30.8 Å². The van der Waals surface area contributed by atoms with E-state index in [0.29, 0.717) is 6.42 Å². The highest BCUT2D eigenvalue weighted by Gasteiger charge is 2.11. The van der Waals surface area contributed by atoms with Crippen LogP contribution in [-0.4, -0.2) is 30.2 Å². The van der Waals surface area contributed by atoms with Crippen molar-refractivity contribution in [2.24, 2.45) is 0 Å². The van der Waals surface area contributed by atoms with Crippen molar-refractivity contribution in [1.29, 1.82) is 0 Å². The lowest BCUT2D eigenvalue weighted by Gasteiger charge is -2.05. The van der Waals surface area contributed by atoms with Gasteiger partial charge in [-0.05, 0) is 38.0 Å². The molecule has 0 fully saturated rings. The highest BCUT2D eigenvalue weighted by atomic mass is 16.1. The number of hydrogen-bond acceptors (Lipinski definition) is 4. The molecule has 1 aromatic carbocycles. The van der Waals surface area contributed by atoms with Crippen molar-refractivity contribution in [3.8, 4) is 5.82 Å². The average molecular weight is 387 g/mol. The zero-order valence-electron chi connectivity index (χ0n) is 16.7. The standard InChI is InChI=1S/C23H25N5O/c1-18-20-14-15-23(27-17-9-16-24-27)26-28(20)22(25-18)13-8-3-2-7-12-21(29)19-10-5-4-6-11-19/h4-6,9-11,14-17H,2-3,7-8,12-13H2,1H3. The quantitative estimate of drug-likeness (QED) is 0.311. The third kappa shape index (κ3) is 4.42. The van der Waals surface area contributed by atoms with E-state index in [0.717, 1.165) is 60.5 Å². The van der Waals surface area contributed by atoms with Crippen LogP contribution < -0.4 is 0 Å². The summed E-state index contributed by atoms with van der Waals surface area (Å²) in [4.78, 5) is 16.9. The van der Waals surface area contributed by atoms with Crippen molar-refractivity contribution >= 4 is 11.3 Å². The summed E-state index contributed by atoms with van der Waals surface area (Å²) >= 11 is 0.